The van der Waals surface area contributed by atoms with Crippen molar-refractivity contribution >= 4 is 0 Å². The Labute approximate surface area is 70.6 Å². The van der Waals surface area contributed by atoms with Crippen molar-refractivity contribution in [2.75, 3.05) is 6.54 Å². The van der Waals surface area contributed by atoms with E-state index in [-0.39, 0.29) is 0 Å². The summed E-state index contributed by atoms with van der Waals surface area (Å²) in [6, 6.07) is 0.835. The van der Waals surface area contributed by atoms with Gasteiger partial charge in [-0.1, -0.05) is 33.1 Å². The summed E-state index contributed by atoms with van der Waals surface area (Å²) in [5, 5.41) is 3.57. The summed E-state index contributed by atoms with van der Waals surface area (Å²) >= 11 is 0. The van der Waals surface area contributed by atoms with Gasteiger partial charge in [-0.3, -0.25) is 0 Å². The van der Waals surface area contributed by atoms with E-state index in [0.717, 1.165) is 12.0 Å². The largest absolute Gasteiger partial charge is 0.314 e. The fourth-order valence-electron chi connectivity index (χ4n) is 1.90. The van der Waals surface area contributed by atoms with E-state index in [9.17, 15) is 0 Å². The molecule has 1 N–H and O–H groups in total. The molecule has 0 aromatic carbocycles. The lowest BCUT2D eigenvalue weighted by atomic mass is 9.98. The zero-order valence-corrected chi connectivity index (χ0v) is 7.90. The van der Waals surface area contributed by atoms with Crippen LogP contribution in [0.2, 0.25) is 0 Å². The summed E-state index contributed by atoms with van der Waals surface area (Å²) < 4.78 is 0. The SMILES string of the molecule is CCCCCC1NCCC1C. The topological polar surface area (TPSA) is 12.0 Å². The highest BCUT2D eigenvalue weighted by atomic mass is 14.9. The number of unbranched alkanes of at least 4 members (excludes halogenated alkanes) is 2. The maximum Gasteiger partial charge on any atom is 0.00931 e. The Hall–Kier alpha value is -0.0400. The van der Waals surface area contributed by atoms with E-state index in [1.165, 1.54) is 38.6 Å². The molecule has 1 saturated heterocycles. The molecule has 1 heteroatoms. The highest BCUT2D eigenvalue weighted by Crippen LogP contribution is 2.19. The molecule has 0 bridgehead atoms. The first-order chi connectivity index (χ1) is 5.34. The highest BCUT2D eigenvalue weighted by Gasteiger charge is 2.21. The molecule has 0 aliphatic carbocycles. The van der Waals surface area contributed by atoms with Crippen molar-refractivity contribution in [3.8, 4) is 0 Å². The highest BCUT2D eigenvalue weighted by molar-refractivity contribution is 4.80. The van der Waals surface area contributed by atoms with Crippen LogP contribution in [0.25, 0.3) is 0 Å². The van der Waals surface area contributed by atoms with E-state index in [4.69, 9.17) is 0 Å². The molecule has 0 aromatic rings. The minimum absolute atomic E-state index is 0.835. The van der Waals surface area contributed by atoms with Crippen LogP contribution < -0.4 is 5.32 Å². The summed E-state index contributed by atoms with van der Waals surface area (Å²) in [4.78, 5) is 0. The number of rotatable bonds is 4. The molecule has 1 rings (SSSR count). The monoisotopic (exact) mass is 155 g/mol. The molecule has 0 aromatic heterocycles. The summed E-state index contributed by atoms with van der Waals surface area (Å²) in [5.74, 6) is 0.923. The maximum absolute atomic E-state index is 3.57. The molecule has 1 aliphatic heterocycles. The van der Waals surface area contributed by atoms with Crippen LogP contribution in [0.3, 0.4) is 0 Å². The molecule has 0 radical (unpaired) electrons. The third-order valence-electron chi connectivity index (χ3n) is 2.81. The quantitative estimate of drug-likeness (QED) is 0.615. The van der Waals surface area contributed by atoms with E-state index in [0.29, 0.717) is 0 Å². The predicted molar refractivity (Wildman–Crippen MR) is 49.7 cm³/mol. The fraction of sp³-hybridized carbons (Fsp3) is 1.00. The Morgan fingerprint density at radius 3 is 2.73 bits per heavy atom. The van der Waals surface area contributed by atoms with Gasteiger partial charge in [-0.05, 0) is 25.3 Å². The fourth-order valence-corrected chi connectivity index (χ4v) is 1.90. The summed E-state index contributed by atoms with van der Waals surface area (Å²) in [6.07, 6.45) is 6.95. The van der Waals surface area contributed by atoms with Crippen LogP contribution in [0, 0.1) is 5.92 Å². The van der Waals surface area contributed by atoms with Crippen molar-refractivity contribution in [3.63, 3.8) is 0 Å². The van der Waals surface area contributed by atoms with Crippen LogP contribution in [0.15, 0.2) is 0 Å². The number of hydrogen-bond donors (Lipinski definition) is 1. The van der Waals surface area contributed by atoms with Gasteiger partial charge in [-0.15, -0.1) is 0 Å². The molecule has 11 heavy (non-hydrogen) atoms. The second kappa shape index (κ2) is 4.76. The third kappa shape index (κ3) is 2.82. The molecule has 1 fully saturated rings. The van der Waals surface area contributed by atoms with Gasteiger partial charge in [0.25, 0.3) is 0 Å². The van der Waals surface area contributed by atoms with Crippen molar-refractivity contribution in [2.24, 2.45) is 5.92 Å². The van der Waals surface area contributed by atoms with Gasteiger partial charge < -0.3 is 5.32 Å². The van der Waals surface area contributed by atoms with Crippen molar-refractivity contribution in [3.05, 3.63) is 0 Å². The molecule has 1 nitrogen and oxygen atoms in total. The molecule has 0 spiro atoms. The van der Waals surface area contributed by atoms with E-state index >= 15 is 0 Å². The average Bonchev–Trinajstić information content (AvgIpc) is 2.37. The van der Waals surface area contributed by atoms with Crippen molar-refractivity contribution in [1.29, 1.82) is 0 Å². The Morgan fingerprint density at radius 2 is 2.18 bits per heavy atom. The predicted octanol–water partition coefficient (Wildman–Crippen LogP) is 2.56. The van der Waals surface area contributed by atoms with E-state index in [2.05, 4.69) is 19.2 Å². The lowest BCUT2D eigenvalue weighted by molar-refractivity contribution is 0.434. The molecule has 2 unspecified atom stereocenters. The zero-order valence-electron chi connectivity index (χ0n) is 7.90. The second-order valence-electron chi connectivity index (χ2n) is 3.82. The van der Waals surface area contributed by atoms with Gasteiger partial charge in [0.05, 0.1) is 0 Å². The molecule has 1 aliphatic rings. The van der Waals surface area contributed by atoms with Gasteiger partial charge in [0.1, 0.15) is 0 Å². The number of nitrogens with one attached hydrogen (secondary N) is 1. The zero-order chi connectivity index (χ0) is 8.10. The van der Waals surface area contributed by atoms with Crippen LogP contribution in [0.5, 0.6) is 0 Å². The van der Waals surface area contributed by atoms with Gasteiger partial charge in [0.2, 0.25) is 0 Å². The molecule has 0 saturated carbocycles. The van der Waals surface area contributed by atoms with E-state index in [1.807, 2.05) is 0 Å². The van der Waals surface area contributed by atoms with Crippen LogP contribution in [-0.2, 0) is 0 Å². The van der Waals surface area contributed by atoms with Gasteiger partial charge in [-0.25, -0.2) is 0 Å². The Kier molecular flexibility index (Phi) is 3.92. The minimum atomic E-state index is 0.835. The van der Waals surface area contributed by atoms with Gasteiger partial charge >= 0.3 is 0 Å². The smallest absolute Gasteiger partial charge is 0.00931 e. The third-order valence-corrected chi connectivity index (χ3v) is 2.81. The van der Waals surface area contributed by atoms with Gasteiger partial charge in [0.15, 0.2) is 0 Å². The summed E-state index contributed by atoms with van der Waals surface area (Å²) in [7, 11) is 0. The molecular weight excluding hydrogens is 134 g/mol. The first kappa shape index (κ1) is 9.05. The Bertz CT molecular complexity index is 101. The van der Waals surface area contributed by atoms with Crippen molar-refractivity contribution < 1.29 is 0 Å². The normalized spacial score (nSPS) is 31.1. The standard InChI is InChI=1S/C10H21N/c1-3-4-5-6-10-9(2)7-8-11-10/h9-11H,3-8H2,1-2H3. The molecule has 1 heterocycles. The summed E-state index contributed by atoms with van der Waals surface area (Å²) in [6.45, 7) is 5.89. The molecule has 0 amide bonds. The van der Waals surface area contributed by atoms with Crippen molar-refractivity contribution in [1.82, 2.24) is 5.32 Å². The average molecular weight is 155 g/mol. The number of hydrogen-bond acceptors (Lipinski definition) is 1. The summed E-state index contributed by atoms with van der Waals surface area (Å²) in [5.41, 5.74) is 0. The lowest BCUT2D eigenvalue weighted by Crippen LogP contribution is -2.25. The van der Waals surface area contributed by atoms with Gasteiger partial charge in [0, 0.05) is 6.04 Å². The maximum atomic E-state index is 3.57. The van der Waals surface area contributed by atoms with Crippen LogP contribution in [-0.4, -0.2) is 12.6 Å². The first-order valence-corrected chi connectivity index (χ1v) is 5.08. The minimum Gasteiger partial charge on any atom is -0.314 e. The first-order valence-electron chi connectivity index (χ1n) is 5.08. The van der Waals surface area contributed by atoms with Crippen LogP contribution in [0.4, 0.5) is 0 Å². The molecule has 66 valence electrons. The van der Waals surface area contributed by atoms with Crippen LogP contribution >= 0.6 is 0 Å². The second-order valence-corrected chi connectivity index (χ2v) is 3.82. The Balaban J connectivity index is 2.05. The van der Waals surface area contributed by atoms with E-state index < -0.39 is 0 Å². The van der Waals surface area contributed by atoms with Crippen molar-refractivity contribution in [2.45, 2.75) is 52.0 Å². The Morgan fingerprint density at radius 1 is 1.36 bits per heavy atom. The molecular formula is C10H21N. The van der Waals surface area contributed by atoms with Gasteiger partial charge in [-0.2, -0.15) is 0 Å². The van der Waals surface area contributed by atoms with Crippen LogP contribution in [0.1, 0.15) is 46.0 Å². The molecule has 2 atom stereocenters. The lowest BCUT2D eigenvalue weighted by Gasteiger charge is -2.14. The van der Waals surface area contributed by atoms with E-state index in [1.54, 1.807) is 0 Å².